The van der Waals surface area contributed by atoms with Crippen LogP contribution >= 0.6 is 0 Å². The van der Waals surface area contributed by atoms with E-state index in [0.717, 1.165) is 11.3 Å². The molecule has 0 aliphatic heterocycles. The molecular formula is C9H6N2Y-2. The number of nitrogens with one attached hydrogen (secondary N) is 1. The summed E-state index contributed by atoms with van der Waals surface area (Å²) in [6, 6.07) is 8.67. The summed E-state index contributed by atoms with van der Waals surface area (Å²) >= 11 is 0. The molecule has 2 aromatic rings. The first kappa shape index (κ1) is 9.62. The van der Waals surface area contributed by atoms with E-state index in [0.29, 0.717) is 0 Å². The van der Waals surface area contributed by atoms with E-state index in [4.69, 9.17) is 0 Å². The van der Waals surface area contributed by atoms with E-state index in [1.165, 1.54) is 0 Å². The summed E-state index contributed by atoms with van der Waals surface area (Å²) in [6.45, 7) is 0. The molecule has 1 radical (unpaired) electrons. The Hall–Kier alpha value is -0.466. The maximum atomic E-state index is 3.88. The van der Waals surface area contributed by atoms with Crippen molar-refractivity contribution in [3.63, 3.8) is 0 Å². The topological polar surface area (TPSA) is 28.7 Å². The van der Waals surface area contributed by atoms with Crippen molar-refractivity contribution in [2.45, 2.75) is 0 Å². The minimum Gasteiger partial charge on any atom is -0.474 e. The first-order chi connectivity index (χ1) is 5.47. The Kier molecular flexibility index (Phi) is 3.63. The Morgan fingerprint density at radius 1 is 1.42 bits per heavy atom. The van der Waals surface area contributed by atoms with Crippen molar-refractivity contribution in [2.75, 3.05) is 0 Å². The van der Waals surface area contributed by atoms with E-state index in [1.54, 1.807) is 6.20 Å². The number of nitrogens with zero attached hydrogens (tertiary/aromatic N) is 1. The van der Waals surface area contributed by atoms with E-state index in [2.05, 4.69) is 22.2 Å². The molecule has 0 aliphatic carbocycles. The zero-order chi connectivity index (χ0) is 7.52. The average molecular weight is 231 g/mol. The van der Waals surface area contributed by atoms with Gasteiger partial charge in [-0.2, -0.15) is 17.8 Å². The van der Waals surface area contributed by atoms with Crippen molar-refractivity contribution in [3.8, 4) is 11.3 Å². The predicted molar refractivity (Wildman–Crippen MR) is 41.7 cm³/mol. The van der Waals surface area contributed by atoms with Gasteiger partial charge < -0.3 is 9.97 Å². The van der Waals surface area contributed by atoms with Crippen LogP contribution in [0, 0.1) is 12.3 Å². The molecular weight excluding hydrogens is 225 g/mol. The predicted octanol–water partition coefficient (Wildman–Crippen LogP) is 1.67. The largest absolute Gasteiger partial charge is 0.474 e. The maximum Gasteiger partial charge on any atom is 0 e. The third-order valence-electron chi connectivity index (χ3n) is 1.42. The van der Waals surface area contributed by atoms with Crippen LogP contribution in [0.5, 0.6) is 0 Å². The Bertz CT molecular complexity index is 316. The van der Waals surface area contributed by atoms with Gasteiger partial charge in [0.1, 0.15) is 0 Å². The van der Waals surface area contributed by atoms with Crippen molar-refractivity contribution in [1.82, 2.24) is 9.97 Å². The molecule has 0 saturated heterocycles. The molecule has 0 unspecified atom stereocenters. The van der Waals surface area contributed by atoms with Gasteiger partial charge in [-0.05, 0) is 0 Å². The van der Waals surface area contributed by atoms with Gasteiger partial charge in [0, 0.05) is 32.7 Å². The minimum atomic E-state index is 0. The van der Waals surface area contributed by atoms with Crippen LogP contribution in [0.15, 0.2) is 30.6 Å². The van der Waals surface area contributed by atoms with Crippen molar-refractivity contribution < 1.29 is 32.7 Å². The summed E-state index contributed by atoms with van der Waals surface area (Å²) in [5.41, 5.74) is 1.87. The summed E-state index contributed by atoms with van der Waals surface area (Å²) in [6.07, 6.45) is 6.39. The number of aromatic amines is 1. The van der Waals surface area contributed by atoms with Gasteiger partial charge in [0.25, 0.3) is 0 Å². The van der Waals surface area contributed by atoms with Gasteiger partial charge in [-0.25, -0.2) is 11.6 Å². The van der Waals surface area contributed by atoms with Crippen LogP contribution in [0.1, 0.15) is 0 Å². The first-order valence-corrected chi connectivity index (χ1v) is 3.35. The van der Waals surface area contributed by atoms with Crippen LogP contribution in [0.4, 0.5) is 0 Å². The fourth-order valence-electron chi connectivity index (χ4n) is 0.913. The third kappa shape index (κ3) is 2.02. The van der Waals surface area contributed by atoms with E-state index in [9.17, 15) is 0 Å². The molecule has 2 nitrogen and oxygen atoms in total. The second-order valence-electron chi connectivity index (χ2n) is 2.16. The summed E-state index contributed by atoms with van der Waals surface area (Å²) in [5.74, 6) is 0. The summed E-state index contributed by atoms with van der Waals surface area (Å²) < 4.78 is 0. The molecule has 0 atom stereocenters. The molecule has 2 heterocycles. The maximum absolute atomic E-state index is 3.88. The molecule has 0 fully saturated rings. The van der Waals surface area contributed by atoms with Crippen molar-refractivity contribution in [2.24, 2.45) is 0 Å². The van der Waals surface area contributed by atoms with E-state index >= 15 is 0 Å². The van der Waals surface area contributed by atoms with Crippen molar-refractivity contribution in [1.29, 1.82) is 0 Å². The van der Waals surface area contributed by atoms with Gasteiger partial charge in [-0.3, -0.25) is 0 Å². The van der Waals surface area contributed by atoms with Gasteiger partial charge in [0.15, 0.2) is 0 Å². The van der Waals surface area contributed by atoms with Gasteiger partial charge in [-0.15, -0.1) is 18.5 Å². The van der Waals surface area contributed by atoms with Crippen LogP contribution in [-0.4, -0.2) is 9.97 Å². The minimum absolute atomic E-state index is 0. The Morgan fingerprint density at radius 2 is 2.33 bits per heavy atom. The normalized spacial score (nSPS) is 9.00. The quantitative estimate of drug-likeness (QED) is 0.743. The number of hydrogen-bond donors (Lipinski definition) is 1. The second kappa shape index (κ2) is 4.53. The molecule has 12 heavy (non-hydrogen) atoms. The third-order valence-corrected chi connectivity index (χ3v) is 1.42. The number of rotatable bonds is 1. The number of hydrogen-bond acceptors (Lipinski definition) is 1. The second-order valence-corrected chi connectivity index (χ2v) is 2.16. The molecule has 2 aromatic heterocycles. The average Bonchev–Trinajstić information content (AvgIpc) is 2.58. The SMILES string of the molecule is [Y].[c-]1ncccc1-c1[c-]cc[nH]1. The molecule has 57 valence electrons. The Morgan fingerprint density at radius 3 is 2.92 bits per heavy atom. The van der Waals surface area contributed by atoms with Crippen LogP contribution in [0.2, 0.25) is 0 Å². The van der Waals surface area contributed by atoms with Gasteiger partial charge >= 0.3 is 0 Å². The van der Waals surface area contributed by atoms with E-state index in [1.807, 2.05) is 24.4 Å². The Labute approximate surface area is 96.3 Å². The van der Waals surface area contributed by atoms with Gasteiger partial charge in [-0.1, -0.05) is 6.20 Å². The standard InChI is InChI=1S/C9H6N2.Y/c1-3-8(7-10-5-1)9-4-2-6-11-9;/h1-3,5-6,11H;/q-2;. The fraction of sp³-hybridized carbons (Fsp3) is 0. The number of H-pyrrole nitrogens is 1. The molecule has 0 aliphatic rings. The summed E-state index contributed by atoms with van der Waals surface area (Å²) in [4.78, 5) is 6.90. The first-order valence-electron chi connectivity index (χ1n) is 3.35. The number of aromatic nitrogens is 2. The smallest absolute Gasteiger partial charge is 0 e. The molecule has 3 heteroatoms. The zero-order valence-electron chi connectivity index (χ0n) is 6.41. The van der Waals surface area contributed by atoms with Crippen molar-refractivity contribution >= 4 is 0 Å². The van der Waals surface area contributed by atoms with E-state index in [-0.39, 0.29) is 32.7 Å². The molecule has 0 bridgehead atoms. The van der Waals surface area contributed by atoms with Crippen LogP contribution < -0.4 is 0 Å². The molecule has 2 rings (SSSR count). The van der Waals surface area contributed by atoms with Crippen LogP contribution in [0.25, 0.3) is 11.3 Å². The molecule has 0 aromatic carbocycles. The molecule has 0 spiro atoms. The summed E-state index contributed by atoms with van der Waals surface area (Å²) in [7, 11) is 0. The zero-order valence-corrected chi connectivity index (χ0v) is 9.25. The molecule has 1 N–H and O–H groups in total. The van der Waals surface area contributed by atoms with Crippen molar-refractivity contribution in [3.05, 3.63) is 42.9 Å². The Balaban J connectivity index is 0.000000720. The van der Waals surface area contributed by atoms with Crippen LogP contribution in [-0.2, 0) is 32.7 Å². The van der Waals surface area contributed by atoms with Gasteiger partial charge in [0.2, 0.25) is 0 Å². The molecule has 0 saturated carbocycles. The number of pyridine rings is 1. The van der Waals surface area contributed by atoms with E-state index < -0.39 is 0 Å². The summed E-state index contributed by atoms with van der Waals surface area (Å²) in [5, 5.41) is 0. The monoisotopic (exact) mass is 231 g/mol. The van der Waals surface area contributed by atoms with Crippen LogP contribution in [0.3, 0.4) is 0 Å². The van der Waals surface area contributed by atoms with Gasteiger partial charge in [0.05, 0.1) is 0 Å². The molecule has 0 amide bonds. The fourth-order valence-corrected chi connectivity index (χ4v) is 0.913.